The van der Waals surface area contributed by atoms with Gasteiger partial charge in [0.15, 0.2) is 5.96 Å². The number of nitrogens with zero attached hydrogens (tertiary/aromatic N) is 3. The van der Waals surface area contributed by atoms with Crippen molar-refractivity contribution in [2.75, 3.05) is 59.6 Å². The van der Waals surface area contributed by atoms with Gasteiger partial charge in [0, 0.05) is 32.7 Å². The summed E-state index contributed by atoms with van der Waals surface area (Å²) in [6.45, 7) is 8.65. The van der Waals surface area contributed by atoms with Crippen molar-refractivity contribution in [2.24, 2.45) is 10.9 Å². The molecule has 1 unspecified atom stereocenters. The Balaban J connectivity index is 0.00000320. The second-order valence-electron chi connectivity index (χ2n) is 7.55. The van der Waals surface area contributed by atoms with Gasteiger partial charge in [-0.3, -0.25) is 14.7 Å². The number of carbonyl (C=O) groups excluding carboxylic acids is 1. The fourth-order valence-electron chi connectivity index (χ4n) is 4.09. The van der Waals surface area contributed by atoms with Crippen LogP contribution in [-0.2, 0) is 14.3 Å². The van der Waals surface area contributed by atoms with E-state index in [1.165, 1.54) is 12.7 Å². The SMILES string of the molecule is CCNC(=NCC(c1ccccc1)N1CCOCC1)N1CCC(C(=O)OC)CC1.I. The first-order valence-corrected chi connectivity index (χ1v) is 10.7. The van der Waals surface area contributed by atoms with Gasteiger partial charge in [-0.25, -0.2) is 0 Å². The number of benzene rings is 1. The number of morpholine rings is 1. The molecule has 0 saturated carbocycles. The van der Waals surface area contributed by atoms with Crippen LogP contribution >= 0.6 is 24.0 Å². The first-order valence-electron chi connectivity index (χ1n) is 10.7. The maximum atomic E-state index is 11.8. The number of hydrogen-bond acceptors (Lipinski definition) is 5. The zero-order valence-corrected chi connectivity index (χ0v) is 20.4. The average molecular weight is 530 g/mol. The van der Waals surface area contributed by atoms with Crippen LogP contribution in [0.2, 0.25) is 0 Å². The molecule has 2 aliphatic heterocycles. The van der Waals surface area contributed by atoms with Crippen molar-refractivity contribution in [3.63, 3.8) is 0 Å². The van der Waals surface area contributed by atoms with Crippen LogP contribution in [0.25, 0.3) is 0 Å². The molecule has 1 atom stereocenters. The molecule has 0 radical (unpaired) electrons. The third-order valence-electron chi connectivity index (χ3n) is 5.75. The highest BCUT2D eigenvalue weighted by atomic mass is 127. The molecule has 2 aliphatic rings. The zero-order chi connectivity index (χ0) is 20.5. The third kappa shape index (κ3) is 6.81. The lowest BCUT2D eigenvalue weighted by Gasteiger charge is -2.35. The molecule has 2 heterocycles. The highest BCUT2D eigenvalue weighted by molar-refractivity contribution is 14.0. The number of rotatable bonds is 6. The Bertz CT molecular complexity index is 660. The number of methoxy groups -OCH3 is 1. The Morgan fingerprint density at radius 3 is 2.47 bits per heavy atom. The Morgan fingerprint density at radius 2 is 1.87 bits per heavy atom. The van der Waals surface area contributed by atoms with Gasteiger partial charge in [0.25, 0.3) is 0 Å². The van der Waals surface area contributed by atoms with Crippen molar-refractivity contribution in [2.45, 2.75) is 25.8 Å². The van der Waals surface area contributed by atoms with Gasteiger partial charge >= 0.3 is 5.97 Å². The molecule has 0 amide bonds. The minimum Gasteiger partial charge on any atom is -0.469 e. The van der Waals surface area contributed by atoms with Crippen LogP contribution in [0.5, 0.6) is 0 Å². The normalized spacial score (nSPS) is 19.7. The Morgan fingerprint density at radius 1 is 1.20 bits per heavy atom. The van der Waals surface area contributed by atoms with E-state index in [1.807, 2.05) is 0 Å². The lowest BCUT2D eigenvalue weighted by atomic mass is 9.97. The highest BCUT2D eigenvalue weighted by Crippen LogP contribution is 2.23. The maximum absolute atomic E-state index is 11.8. The summed E-state index contributed by atoms with van der Waals surface area (Å²) in [7, 11) is 1.47. The number of esters is 1. The molecule has 1 N–H and O–H groups in total. The van der Waals surface area contributed by atoms with Gasteiger partial charge in [-0.15, -0.1) is 24.0 Å². The monoisotopic (exact) mass is 530 g/mol. The quantitative estimate of drug-likeness (QED) is 0.264. The van der Waals surface area contributed by atoms with Gasteiger partial charge in [-0.05, 0) is 25.3 Å². The molecule has 3 rings (SSSR count). The van der Waals surface area contributed by atoms with Crippen LogP contribution in [-0.4, -0.2) is 81.3 Å². The molecule has 1 aromatic rings. The number of carbonyl (C=O) groups is 1. The van der Waals surface area contributed by atoms with Gasteiger partial charge in [-0.2, -0.15) is 0 Å². The van der Waals surface area contributed by atoms with Gasteiger partial charge < -0.3 is 19.7 Å². The molecule has 0 bridgehead atoms. The van der Waals surface area contributed by atoms with Crippen molar-refractivity contribution < 1.29 is 14.3 Å². The predicted octanol–water partition coefficient (Wildman–Crippen LogP) is 2.53. The standard InChI is InChI=1S/C22H34N4O3.HI/c1-3-23-22(26-11-9-19(10-12-26)21(27)28-2)24-17-20(18-7-5-4-6-8-18)25-13-15-29-16-14-25;/h4-8,19-20H,3,9-17H2,1-2H3,(H,23,24);1H. The van der Waals surface area contributed by atoms with Crippen LogP contribution in [0.3, 0.4) is 0 Å². The summed E-state index contributed by atoms with van der Waals surface area (Å²) in [5, 5.41) is 3.44. The topological polar surface area (TPSA) is 66.4 Å². The zero-order valence-electron chi connectivity index (χ0n) is 18.1. The highest BCUT2D eigenvalue weighted by Gasteiger charge is 2.28. The summed E-state index contributed by atoms with van der Waals surface area (Å²) in [4.78, 5) is 21.6. The van der Waals surface area contributed by atoms with E-state index >= 15 is 0 Å². The smallest absolute Gasteiger partial charge is 0.308 e. The summed E-state index contributed by atoms with van der Waals surface area (Å²) in [5.74, 6) is 0.845. The maximum Gasteiger partial charge on any atom is 0.308 e. The van der Waals surface area contributed by atoms with Gasteiger partial charge in [0.2, 0.25) is 0 Å². The molecular weight excluding hydrogens is 495 g/mol. The number of aliphatic imine (C=N–C) groups is 1. The number of halogens is 1. The van der Waals surface area contributed by atoms with Crippen LogP contribution in [0.1, 0.15) is 31.4 Å². The van der Waals surface area contributed by atoms with Crippen LogP contribution in [0, 0.1) is 5.92 Å². The van der Waals surface area contributed by atoms with E-state index in [2.05, 4.69) is 52.4 Å². The number of likely N-dealkylation sites (tertiary alicyclic amines) is 1. The molecule has 168 valence electrons. The number of piperidine rings is 1. The number of ether oxygens (including phenoxy) is 2. The van der Waals surface area contributed by atoms with E-state index < -0.39 is 0 Å². The number of hydrogen-bond donors (Lipinski definition) is 1. The summed E-state index contributed by atoms with van der Waals surface area (Å²) in [6, 6.07) is 10.8. The minimum atomic E-state index is -0.0944. The molecule has 30 heavy (non-hydrogen) atoms. The summed E-state index contributed by atoms with van der Waals surface area (Å²) in [5.41, 5.74) is 1.29. The average Bonchev–Trinajstić information content (AvgIpc) is 2.79. The number of guanidine groups is 1. The van der Waals surface area contributed by atoms with Crippen LogP contribution < -0.4 is 5.32 Å². The van der Waals surface area contributed by atoms with Gasteiger partial charge in [0.05, 0.1) is 38.8 Å². The molecule has 2 saturated heterocycles. The largest absolute Gasteiger partial charge is 0.469 e. The van der Waals surface area contributed by atoms with Crippen molar-refractivity contribution >= 4 is 35.9 Å². The molecule has 8 heteroatoms. The minimum absolute atomic E-state index is 0. The predicted molar refractivity (Wildman–Crippen MR) is 129 cm³/mol. The molecule has 2 fully saturated rings. The van der Waals surface area contributed by atoms with Crippen LogP contribution in [0.4, 0.5) is 0 Å². The Labute approximate surface area is 197 Å². The lowest BCUT2D eigenvalue weighted by Crippen LogP contribution is -2.47. The van der Waals surface area contributed by atoms with Crippen molar-refractivity contribution in [3.8, 4) is 0 Å². The second-order valence-corrected chi connectivity index (χ2v) is 7.55. The summed E-state index contributed by atoms with van der Waals surface area (Å²) < 4.78 is 10.5. The first-order chi connectivity index (χ1) is 14.2. The first kappa shape index (κ1) is 24.9. The van der Waals surface area contributed by atoms with Gasteiger partial charge in [-0.1, -0.05) is 30.3 Å². The molecule has 0 aromatic heterocycles. The molecule has 0 aliphatic carbocycles. The van der Waals surface area contributed by atoms with E-state index in [0.717, 1.165) is 64.7 Å². The molecule has 0 spiro atoms. The van der Waals surface area contributed by atoms with Crippen molar-refractivity contribution in [3.05, 3.63) is 35.9 Å². The third-order valence-corrected chi connectivity index (χ3v) is 5.75. The molecular formula is C22H35IN4O3. The van der Waals surface area contributed by atoms with Gasteiger partial charge in [0.1, 0.15) is 0 Å². The lowest BCUT2D eigenvalue weighted by molar-refractivity contribution is -0.146. The Hall–Kier alpha value is -1.39. The van der Waals surface area contributed by atoms with Crippen molar-refractivity contribution in [1.29, 1.82) is 0 Å². The molecule has 7 nitrogen and oxygen atoms in total. The van der Waals surface area contributed by atoms with Crippen molar-refractivity contribution in [1.82, 2.24) is 15.1 Å². The number of nitrogens with one attached hydrogen (secondary N) is 1. The van der Waals surface area contributed by atoms with Crippen LogP contribution in [0.15, 0.2) is 35.3 Å². The van der Waals surface area contributed by atoms with E-state index in [0.29, 0.717) is 6.54 Å². The summed E-state index contributed by atoms with van der Waals surface area (Å²) in [6.07, 6.45) is 1.62. The van der Waals surface area contributed by atoms with E-state index in [4.69, 9.17) is 14.5 Å². The van der Waals surface area contributed by atoms with E-state index in [9.17, 15) is 4.79 Å². The van der Waals surface area contributed by atoms with E-state index in [1.54, 1.807) is 0 Å². The Kier molecular flexibility index (Phi) is 10.9. The fourth-order valence-corrected chi connectivity index (χ4v) is 4.09. The summed E-state index contributed by atoms with van der Waals surface area (Å²) >= 11 is 0. The van der Waals surface area contributed by atoms with E-state index in [-0.39, 0.29) is 41.9 Å². The molecule has 1 aromatic carbocycles. The second kappa shape index (κ2) is 13.1. The fraction of sp³-hybridized carbons (Fsp3) is 0.636.